The van der Waals surface area contributed by atoms with Crippen molar-refractivity contribution in [3.05, 3.63) is 11.2 Å². The van der Waals surface area contributed by atoms with Crippen molar-refractivity contribution in [3.8, 4) is 0 Å². The van der Waals surface area contributed by atoms with Crippen LogP contribution in [0.1, 0.15) is 46.0 Å². The molecule has 0 aromatic carbocycles. The number of carbonyl (C=O) groups is 3. The first-order valence-corrected chi connectivity index (χ1v) is 12.9. The summed E-state index contributed by atoms with van der Waals surface area (Å²) < 4.78 is 0. The van der Waals surface area contributed by atoms with Crippen molar-refractivity contribution >= 4 is 46.9 Å². The van der Waals surface area contributed by atoms with Crippen molar-refractivity contribution in [1.82, 2.24) is 19.8 Å². The number of anilines is 1. The van der Waals surface area contributed by atoms with Crippen molar-refractivity contribution in [3.63, 3.8) is 0 Å². The molecule has 3 amide bonds. The Kier molecular flexibility index (Phi) is 9.19. The molecule has 1 atom stereocenters. The second-order valence-electron chi connectivity index (χ2n) is 8.66. The van der Waals surface area contributed by atoms with Gasteiger partial charge in [-0.15, -0.1) is 0 Å². The maximum absolute atomic E-state index is 12.6. The summed E-state index contributed by atoms with van der Waals surface area (Å²) in [7, 11) is 0. The number of amides is 3. The lowest BCUT2D eigenvalue weighted by Crippen LogP contribution is -2.54. The Hall–Kier alpha value is -2.07. The molecule has 9 nitrogen and oxygen atoms in total. The molecule has 2 saturated heterocycles. The predicted octanol–water partition coefficient (Wildman–Crippen LogP) is 2.17. The van der Waals surface area contributed by atoms with Crippen LogP contribution in [0.3, 0.4) is 0 Å². The number of hydrogen-bond donors (Lipinski definition) is 1. The number of carbonyl (C=O) groups excluding carboxylic acids is 3. The second kappa shape index (κ2) is 11.9. The van der Waals surface area contributed by atoms with Crippen LogP contribution in [0.15, 0.2) is 11.2 Å². The fourth-order valence-electron chi connectivity index (χ4n) is 4.25. The predicted molar refractivity (Wildman–Crippen MR) is 129 cm³/mol. The highest BCUT2D eigenvalue weighted by atomic mass is 35.5. The quantitative estimate of drug-likeness (QED) is 0.333. The van der Waals surface area contributed by atoms with E-state index in [4.69, 9.17) is 17.3 Å². The summed E-state index contributed by atoms with van der Waals surface area (Å²) in [5, 5.41) is 0.776. The first kappa shape index (κ1) is 25.6. The number of likely N-dealkylation sites (tertiary alicyclic amines) is 1. The van der Waals surface area contributed by atoms with E-state index in [0.29, 0.717) is 68.1 Å². The summed E-state index contributed by atoms with van der Waals surface area (Å²) in [6, 6.07) is 1.81. The summed E-state index contributed by atoms with van der Waals surface area (Å²) in [6.45, 7) is 7.20. The Bertz CT molecular complexity index is 865. The Morgan fingerprint density at radius 3 is 2.52 bits per heavy atom. The normalized spacial score (nSPS) is 19.6. The third-order valence-corrected chi connectivity index (χ3v) is 7.28. The van der Waals surface area contributed by atoms with Crippen molar-refractivity contribution in [2.24, 2.45) is 11.7 Å². The number of thioether (sulfide) groups is 1. The molecule has 33 heavy (non-hydrogen) atoms. The molecule has 3 rings (SSSR count). The summed E-state index contributed by atoms with van der Waals surface area (Å²) in [5.41, 5.74) is 5.36. The van der Waals surface area contributed by atoms with Crippen LogP contribution in [0.2, 0.25) is 5.15 Å². The van der Waals surface area contributed by atoms with E-state index in [1.54, 1.807) is 11.0 Å². The molecule has 0 radical (unpaired) electrons. The molecule has 1 unspecified atom stereocenters. The molecule has 182 valence electrons. The summed E-state index contributed by atoms with van der Waals surface area (Å²) in [4.78, 5) is 51.1. The Morgan fingerprint density at radius 1 is 1.15 bits per heavy atom. The maximum atomic E-state index is 12.6. The van der Waals surface area contributed by atoms with Gasteiger partial charge in [-0.25, -0.2) is 9.97 Å². The lowest BCUT2D eigenvalue weighted by molar-refractivity contribution is -0.133. The summed E-state index contributed by atoms with van der Waals surface area (Å²) in [5.74, 6) is 0.666. The lowest BCUT2D eigenvalue weighted by Gasteiger charge is -2.40. The first-order chi connectivity index (χ1) is 15.8. The van der Waals surface area contributed by atoms with Gasteiger partial charge in [-0.1, -0.05) is 36.7 Å². The summed E-state index contributed by atoms with van der Waals surface area (Å²) >= 11 is 7.51. The number of unbranched alkanes of at least 4 members (excludes halogenated alkanes) is 1. The molecule has 0 aliphatic carbocycles. The molecule has 2 N–H and O–H groups in total. The van der Waals surface area contributed by atoms with Crippen LogP contribution < -0.4 is 10.6 Å². The van der Waals surface area contributed by atoms with Crippen LogP contribution in [0.4, 0.5) is 5.82 Å². The van der Waals surface area contributed by atoms with E-state index in [0.717, 1.165) is 12.8 Å². The molecule has 1 aromatic rings. The lowest BCUT2D eigenvalue weighted by atomic mass is 9.96. The Balaban J connectivity index is 1.55. The number of piperazine rings is 1. The van der Waals surface area contributed by atoms with Gasteiger partial charge in [0.25, 0.3) is 0 Å². The average Bonchev–Trinajstić information content (AvgIpc) is 2.80. The second-order valence-corrected chi connectivity index (χ2v) is 9.99. The number of nitrogens with zero attached hydrogens (tertiary/aromatic N) is 5. The van der Waals surface area contributed by atoms with Crippen molar-refractivity contribution in [2.45, 2.75) is 57.1 Å². The minimum Gasteiger partial charge on any atom is -0.369 e. The average molecular weight is 497 g/mol. The molecule has 2 aliphatic heterocycles. The molecule has 0 spiro atoms. The molecule has 11 heteroatoms. The smallest absolute Gasteiger partial charge is 0.233 e. The van der Waals surface area contributed by atoms with Gasteiger partial charge in [0.15, 0.2) is 5.16 Å². The largest absolute Gasteiger partial charge is 0.369 e. The monoisotopic (exact) mass is 496 g/mol. The minimum absolute atomic E-state index is 0.0131. The molecule has 1 aromatic heterocycles. The zero-order valence-electron chi connectivity index (χ0n) is 19.3. The van der Waals surface area contributed by atoms with E-state index in [9.17, 15) is 14.4 Å². The summed E-state index contributed by atoms with van der Waals surface area (Å²) in [6.07, 6.45) is 3.72. The number of rotatable bonds is 8. The van der Waals surface area contributed by atoms with E-state index < -0.39 is 0 Å². The molecule has 0 saturated carbocycles. The molecular weight excluding hydrogens is 464 g/mol. The van der Waals surface area contributed by atoms with Crippen LogP contribution in [-0.2, 0) is 14.4 Å². The number of aromatic nitrogens is 2. The fraction of sp³-hybridized carbons (Fsp3) is 0.682. The van der Waals surface area contributed by atoms with Crippen molar-refractivity contribution < 1.29 is 14.4 Å². The van der Waals surface area contributed by atoms with Crippen LogP contribution in [-0.4, -0.2) is 82.0 Å². The standard InChI is InChI=1S/C22H33ClN6O3S/c1-3-4-5-19(30)29-11-10-28(13-15(29)2)18-12-17(23)25-22(26-18)33-14-20(31)27-8-6-16(7-9-27)21(24)32/h12,15-16H,3-11,13-14H2,1-2H3,(H2,24,32). The topological polar surface area (TPSA) is 113 Å². The van der Waals surface area contributed by atoms with Gasteiger partial charge >= 0.3 is 0 Å². The van der Waals surface area contributed by atoms with Gasteiger partial charge < -0.3 is 20.4 Å². The van der Waals surface area contributed by atoms with Crippen LogP contribution >= 0.6 is 23.4 Å². The number of halogens is 1. The molecule has 0 bridgehead atoms. The van der Waals surface area contributed by atoms with E-state index in [2.05, 4.69) is 28.7 Å². The van der Waals surface area contributed by atoms with Crippen LogP contribution in [0, 0.1) is 5.92 Å². The zero-order chi connectivity index (χ0) is 24.0. The van der Waals surface area contributed by atoms with Gasteiger partial charge in [0.2, 0.25) is 17.7 Å². The third kappa shape index (κ3) is 6.96. The number of nitrogens with two attached hydrogens (primary N) is 1. The highest BCUT2D eigenvalue weighted by Gasteiger charge is 2.29. The van der Waals surface area contributed by atoms with Gasteiger partial charge in [-0.05, 0) is 26.2 Å². The van der Waals surface area contributed by atoms with Crippen molar-refractivity contribution in [2.75, 3.05) is 43.4 Å². The number of hydrogen-bond acceptors (Lipinski definition) is 7. The number of primary amides is 1. The van der Waals surface area contributed by atoms with E-state index in [1.807, 2.05) is 4.90 Å². The maximum Gasteiger partial charge on any atom is 0.233 e. The van der Waals surface area contributed by atoms with Gasteiger partial charge in [0, 0.05) is 57.2 Å². The van der Waals surface area contributed by atoms with E-state index >= 15 is 0 Å². The van der Waals surface area contributed by atoms with Gasteiger partial charge in [0.05, 0.1) is 5.75 Å². The van der Waals surface area contributed by atoms with Gasteiger partial charge in [-0.2, -0.15) is 0 Å². The fourth-order valence-corrected chi connectivity index (χ4v) is 5.23. The first-order valence-electron chi connectivity index (χ1n) is 11.6. The van der Waals surface area contributed by atoms with E-state index in [-0.39, 0.29) is 35.4 Å². The number of piperidine rings is 1. The highest BCUT2D eigenvalue weighted by Crippen LogP contribution is 2.25. The molecule has 2 aliphatic rings. The minimum atomic E-state index is -0.295. The highest BCUT2D eigenvalue weighted by molar-refractivity contribution is 7.99. The van der Waals surface area contributed by atoms with Gasteiger partial charge in [-0.3, -0.25) is 14.4 Å². The van der Waals surface area contributed by atoms with Crippen LogP contribution in [0.5, 0.6) is 0 Å². The molecular formula is C22H33ClN6O3S. The Morgan fingerprint density at radius 2 is 1.88 bits per heavy atom. The Labute approximate surface area is 204 Å². The zero-order valence-corrected chi connectivity index (χ0v) is 20.9. The van der Waals surface area contributed by atoms with E-state index in [1.165, 1.54) is 11.8 Å². The molecule has 2 fully saturated rings. The van der Waals surface area contributed by atoms with Crippen LogP contribution in [0.25, 0.3) is 0 Å². The van der Waals surface area contributed by atoms with Gasteiger partial charge in [0.1, 0.15) is 11.0 Å². The molecule has 3 heterocycles. The SMILES string of the molecule is CCCCC(=O)N1CCN(c2cc(Cl)nc(SCC(=O)N3CCC(C(N)=O)CC3)n2)CC1C. The van der Waals surface area contributed by atoms with Crippen molar-refractivity contribution in [1.29, 1.82) is 0 Å². The third-order valence-electron chi connectivity index (χ3n) is 6.25.